The number of morpholine rings is 1. The topological polar surface area (TPSA) is 192 Å². The minimum Gasteiger partial charge on any atom is -0.508 e. The van der Waals surface area contributed by atoms with Gasteiger partial charge in [-0.2, -0.15) is 0 Å². The number of anilines is 1. The molecule has 5 aromatic rings. The third-order valence-corrected chi connectivity index (χ3v) is 11.4. The summed E-state index contributed by atoms with van der Waals surface area (Å²) >= 11 is 0. The molecule has 0 saturated carbocycles. The first-order valence-electron chi connectivity index (χ1n) is 19.0. The van der Waals surface area contributed by atoms with E-state index in [2.05, 4.69) is 22.5 Å². The first-order valence-corrected chi connectivity index (χ1v) is 19.0. The number of aromatic hydroxyl groups is 1. The lowest BCUT2D eigenvalue weighted by atomic mass is 9.65. The van der Waals surface area contributed by atoms with Gasteiger partial charge < -0.3 is 31.3 Å². The number of nitrogens with one attached hydrogen (secondary N) is 2. The number of carbonyl (C=O) groups excluding carboxylic acids is 4. The molecular formula is C46H39N5O8. The van der Waals surface area contributed by atoms with Gasteiger partial charge >= 0.3 is 24.0 Å². The highest BCUT2D eigenvalue weighted by atomic mass is 16.6. The van der Waals surface area contributed by atoms with Crippen molar-refractivity contribution in [1.29, 1.82) is 0 Å². The molecule has 0 aromatic heterocycles. The van der Waals surface area contributed by atoms with E-state index in [0.29, 0.717) is 22.3 Å². The molecule has 3 aliphatic heterocycles. The van der Waals surface area contributed by atoms with Crippen molar-refractivity contribution in [2.45, 2.75) is 42.6 Å². The van der Waals surface area contributed by atoms with Crippen LogP contribution in [0.4, 0.5) is 15.3 Å². The van der Waals surface area contributed by atoms with Gasteiger partial charge in [0.15, 0.2) is 0 Å². The number of primary amides is 1. The Kier molecular flexibility index (Phi) is 10.1. The lowest BCUT2D eigenvalue weighted by Gasteiger charge is -2.46. The second kappa shape index (κ2) is 15.5. The Morgan fingerprint density at radius 1 is 0.831 bits per heavy atom. The van der Waals surface area contributed by atoms with Crippen molar-refractivity contribution in [2.75, 3.05) is 11.4 Å². The van der Waals surface area contributed by atoms with Crippen molar-refractivity contribution in [3.05, 3.63) is 167 Å². The monoisotopic (exact) mass is 789 g/mol. The van der Waals surface area contributed by atoms with Crippen LogP contribution in [0, 0.1) is 17.8 Å². The van der Waals surface area contributed by atoms with Crippen LogP contribution in [0.15, 0.2) is 133 Å². The fourth-order valence-electron chi connectivity index (χ4n) is 8.97. The van der Waals surface area contributed by atoms with Gasteiger partial charge in [-0.1, -0.05) is 115 Å². The van der Waals surface area contributed by atoms with Gasteiger partial charge in [-0.05, 0) is 65.1 Å². The third-order valence-electron chi connectivity index (χ3n) is 11.4. The lowest BCUT2D eigenvalue weighted by Crippen LogP contribution is -2.54. The summed E-state index contributed by atoms with van der Waals surface area (Å²) in [5.41, 5.74) is 6.15. The fourth-order valence-corrected chi connectivity index (χ4v) is 8.97. The Hall–Kier alpha value is -7.43. The molecule has 5 amide bonds. The van der Waals surface area contributed by atoms with Crippen molar-refractivity contribution < 1.29 is 38.9 Å². The predicted octanol–water partition coefficient (Wildman–Crippen LogP) is 5.63. The number of fused-ring (bicyclic) bond motifs is 3. The summed E-state index contributed by atoms with van der Waals surface area (Å²) in [7, 11) is 0. The number of nitrogens with zero attached hydrogens (tertiary/aromatic N) is 2. The van der Waals surface area contributed by atoms with Crippen LogP contribution in [0.1, 0.15) is 64.5 Å². The predicted molar refractivity (Wildman–Crippen MR) is 216 cm³/mol. The van der Waals surface area contributed by atoms with Crippen LogP contribution in [0.5, 0.6) is 5.75 Å². The Bertz CT molecular complexity index is 2510. The van der Waals surface area contributed by atoms with E-state index in [-0.39, 0.29) is 23.5 Å². The SMILES string of the molecule is CC(NC(=O)N1C(=O)C2(c3cc(C#CCNC(N)=O)ccc31)C(C(=O)O)C1C(=O)OC(c3ccccc3)C(c3ccccc3)N1C2c1ccc(O)cc1)c1ccccc1. The molecule has 1 spiro atoms. The molecule has 13 nitrogen and oxygen atoms in total. The number of ether oxygens (including phenoxy) is 1. The van der Waals surface area contributed by atoms with Gasteiger partial charge in [0.05, 0.1) is 30.4 Å². The number of carbonyl (C=O) groups is 5. The van der Waals surface area contributed by atoms with Crippen molar-refractivity contribution >= 4 is 35.6 Å². The zero-order valence-corrected chi connectivity index (χ0v) is 31.7. The number of amides is 5. The minimum atomic E-state index is -2.17. The van der Waals surface area contributed by atoms with Gasteiger partial charge in [0.2, 0.25) is 5.91 Å². The number of rotatable bonds is 7. The highest BCUT2D eigenvalue weighted by Gasteiger charge is 2.76. The van der Waals surface area contributed by atoms with Crippen molar-refractivity contribution in [3.63, 3.8) is 0 Å². The number of imide groups is 1. The Morgan fingerprint density at radius 3 is 2.08 bits per heavy atom. The highest BCUT2D eigenvalue weighted by molar-refractivity contribution is 6.24. The highest BCUT2D eigenvalue weighted by Crippen LogP contribution is 2.66. The maximum absolute atomic E-state index is 15.9. The number of nitrogens with two attached hydrogens (primary N) is 1. The lowest BCUT2D eigenvalue weighted by molar-refractivity contribution is -0.179. The smallest absolute Gasteiger partial charge is 0.329 e. The van der Waals surface area contributed by atoms with Crippen LogP contribution in [-0.4, -0.2) is 57.6 Å². The molecule has 6 N–H and O–H groups in total. The number of carboxylic acid groups (broad SMARTS) is 1. The minimum absolute atomic E-state index is 0.0804. The molecule has 3 aliphatic rings. The molecule has 8 rings (SSSR count). The van der Waals surface area contributed by atoms with E-state index in [0.717, 1.165) is 10.5 Å². The zero-order chi connectivity index (χ0) is 41.4. The average molecular weight is 790 g/mol. The molecule has 2 fully saturated rings. The average Bonchev–Trinajstić information content (AvgIpc) is 3.70. The van der Waals surface area contributed by atoms with Gasteiger partial charge in [0, 0.05) is 5.56 Å². The maximum atomic E-state index is 15.9. The second-order valence-electron chi connectivity index (χ2n) is 14.7. The number of aliphatic carboxylic acids is 1. The largest absolute Gasteiger partial charge is 0.508 e. The molecule has 2 saturated heterocycles. The van der Waals surface area contributed by atoms with Crippen LogP contribution in [0.2, 0.25) is 0 Å². The molecule has 296 valence electrons. The Labute approximate surface area is 339 Å². The first kappa shape index (κ1) is 38.4. The van der Waals surface area contributed by atoms with Gasteiger partial charge in [-0.3, -0.25) is 19.3 Å². The molecule has 7 atom stereocenters. The van der Waals surface area contributed by atoms with E-state index >= 15 is 4.79 Å². The van der Waals surface area contributed by atoms with Crippen molar-refractivity contribution in [3.8, 4) is 17.6 Å². The number of hydrogen-bond donors (Lipinski definition) is 5. The molecule has 59 heavy (non-hydrogen) atoms. The van der Waals surface area contributed by atoms with Crippen LogP contribution in [-0.2, 0) is 24.5 Å². The van der Waals surface area contributed by atoms with E-state index in [1.165, 1.54) is 18.2 Å². The van der Waals surface area contributed by atoms with Crippen LogP contribution in [0.25, 0.3) is 0 Å². The molecule has 0 radical (unpaired) electrons. The van der Waals surface area contributed by atoms with Crippen molar-refractivity contribution in [2.24, 2.45) is 11.7 Å². The molecule has 7 unspecified atom stereocenters. The summed E-state index contributed by atoms with van der Waals surface area (Å²) in [6.45, 7) is 1.67. The second-order valence-corrected chi connectivity index (χ2v) is 14.7. The Morgan fingerprint density at radius 2 is 1.46 bits per heavy atom. The number of benzene rings is 5. The van der Waals surface area contributed by atoms with Gasteiger partial charge in [-0.25, -0.2) is 14.5 Å². The molecule has 5 aromatic carbocycles. The molecule has 0 bridgehead atoms. The number of urea groups is 2. The number of phenolic OH excluding ortho intramolecular Hbond substituents is 1. The van der Waals surface area contributed by atoms with E-state index < -0.39 is 71.5 Å². The third kappa shape index (κ3) is 6.59. The van der Waals surface area contributed by atoms with Gasteiger partial charge in [0.25, 0.3) is 0 Å². The van der Waals surface area contributed by atoms with Crippen molar-refractivity contribution in [1.82, 2.24) is 15.5 Å². The summed E-state index contributed by atoms with van der Waals surface area (Å²) in [4.78, 5) is 73.4. The van der Waals surface area contributed by atoms with E-state index in [9.17, 15) is 29.4 Å². The number of esters is 1. The van der Waals surface area contributed by atoms with Gasteiger partial charge in [0.1, 0.15) is 29.2 Å². The van der Waals surface area contributed by atoms with Crippen LogP contribution >= 0.6 is 0 Å². The number of hydrogen-bond acceptors (Lipinski definition) is 8. The summed E-state index contributed by atoms with van der Waals surface area (Å²) in [6, 6.07) is 32.4. The summed E-state index contributed by atoms with van der Waals surface area (Å²) in [5.74, 6) is 0.676. The zero-order valence-electron chi connectivity index (χ0n) is 31.7. The molecule has 3 heterocycles. The quantitative estimate of drug-likeness (QED) is 0.103. The van der Waals surface area contributed by atoms with E-state index in [4.69, 9.17) is 10.5 Å². The molecular weight excluding hydrogens is 751 g/mol. The Balaban J connectivity index is 1.40. The van der Waals surface area contributed by atoms with Crippen LogP contribution in [0.3, 0.4) is 0 Å². The standard InChI is InChI=1S/C46H39N5O8/c1-27(29-13-5-2-6-14-29)49-45(58)50-35-24-19-28(12-11-25-48-44(47)57)26-34(35)46(43(50)56)36(41(53)54)38-42(55)59-39(31-17-9-4-10-18-31)37(30-15-7-3-8-16-30)51(38)40(46)32-20-22-33(52)23-21-32/h2-10,13-24,26-27,36-40,52H,25H2,1H3,(H,49,58)(H,53,54)(H3,47,48,57). The summed E-state index contributed by atoms with van der Waals surface area (Å²) in [6.07, 6.45) is -0.955. The fraction of sp³-hybridized carbons (Fsp3) is 0.196. The number of phenols is 1. The normalized spacial score (nSPS) is 23.6. The molecule has 13 heteroatoms. The van der Waals surface area contributed by atoms with E-state index in [1.807, 2.05) is 91.0 Å². The summed E-state index contributed by atoms with van der Waals surface area (Å²) < 4.78 is 6.29. The summed E-state index contributed by atoms with van der Waals surface area (Å²) in [5, 5.41) is 27.3. The number of cyclic esters (lactones) is 1. The van der Waals surface area contributed by atoms with Crippen LogP contribution < -0.4 is 21.3 Å². The maximum Gasteiger partial charge on any atom is 0.329 e. The number of carboxylic acids is 1. The van der Waals surface area contributed by atoms with E-state index in [1.54, 1.807) is 36.1 Å². The first-order chi connectivity index (χ1) is 28.5. The van der Waals surface area contributed by atoms with Gasteiger partial charge in [-0.15, -0.1) is 0 Å². The molecule has 0 aliphatic carbocycles.